The number of hydrogen-bond acceptors (Lipinski definition) is 3. The Bertz CT molecular complexity index is 762. The molecule has 1 aromatic carbocycles. The van der Waals surface area contributed by atoms with Gasteiger partial charge in [0.2, 0.25) is 0 Å². The van der Waals surface area contributed by atoms with E-state index in [2.05, 4.69) is 42.1 Å². The number of benzene rings is 1. The monoisotopic (exact) mass is 431 g/mol. The Kier molecular flexibility index (Phi) is 3.90. The second kappa shape index (κ2) is 5.52. The molecular weight excluding hydrogens is 425 g/mol. The van der Waals surface area contributed by atoms with Crippen LogP contribution in [0, 0.1) is 0 Å². The summed E-state index contributed by atoms with van der Waals surface area (Å²) < 4.78 is 2.03. The number of aromatic nitrogens is 2. The van der Waals surface area contributed by atoms with Gasteiger partial charge in [-0.1, -0.05) is 23.7 Å². The van der Waals surface area contributed by atoms with E-state index in [-0.39, 0.29) is 0 Å². The molecule has 0 amide bonds. The molecule has 2 heterocycles. The highest BCUT2D eigenvalue weighted by Crippen LogP contribution is 2.42. The van der Waals surface area contributed by atoms with Crippen molar-refractivity contribution < 1.29 is 0 Å². The summed E-state index contributed by atoms with van der Waals surface area (Å²) >= 11 is 14.6. The van der Waals surface area contributed by atoms with Crippen LogP contribution in [-0.2, 0) is 0 Å². The molecule has 0 aliphatic heterocycles. The maximum absolute atomic E-state index is 6.06. The van der Waals surface area contributed by atoms with E-state index in [0.29, 0.717) is 10.8 Å². The summed E-state index contributed by atoms with van der Waals surface area (Å²) in [4.78, 5) is 1.04. The fourth-order valence-corrected chi connectivity index (χ4v) is 4.17. The highest BCUT2D eigenvalue weighted by molar-refractivity contribution is 9.13. The first kappa shape index (κ1) is 14.1. The summed E-state index contributed by atoms with van der Waals surface area (Å²) in [6.45, 7) is 0. The summed E-state index contributed by atoms with van der Waals surface area (Å²) in [5, 5.41) is 7.79. The lowest BCUT2D eigenvalue weighted by molar-refractivity contribution is 1.11. The topological polar surface area (TPSA) is 54.7 Å². The van der Waals surface area contributed by atoms with Crippen LogP contribution in [0.2, 0.25) is 5.02 Å². The summed E-state index contributed by atoms with van der Waals surface area (Å²) in [7, 11) is 0. The fraction of sp³-hybridized carbons (Fsp3) is 0. The number of aromatic amines is 1. The van der Waals surface area contributed by atoms with E-state index in [4.69, 9.17) is 17.3 Å². The van der Waals surface area contributed by atoms with Crippen LogP contribution in [0.1, 0.15) is 0 Å². The van der Waals surface area contributed by atoms with E-state index in [1.807, 2.05) is 30.3 Å². The minimum absolute atomic E-state index is 0.461. The zero-order valence-electron chi connectivity index (χ0n) is 9.95. The van der Waals surface area contributed by atoms with Gasteiger partial charge in [0.05, 0.1) is 19.9 Å². The molecule has 3 nitrogen and oxygen atoms in total. The SMILES string of the molecule is Nc1n[nH]c(-c2cc(Br)c(Br)s2)c1-c1cccc(Cl)c1. The number of nitrogens with zero attached hydrogens (tertiary/aromatic N) is 1. The van der Waals surface area contributed by atoms with E-state index in [9.17, 15) is 0 Å². The smallest absolute Gasteiger partial charge is 0.153 e. The fourth-order valence-electron chi connectivity index (χ4n) is 1.94. The predicted octanol–water partition coefficient (Wildman–Crippen LogP) is 5.57. The Labute approximate surface area is 141 Å². The normalized spacial score (nSPS) is 10.9. The Morgan fingerprint density at radius 3 is 2.70 bits per heavy atom. The summed E-state index contributed by atoms with van der Waals surface area (Å²) in [5.41, 5.74) is 8.70. The van der Waals surface area contributed by atoms with Gasteiger partial charge in [0, 0.05) is 9.50 Å². The summed E-state index contributed by atoms with van der Waals surface area (Å²) in [5.74, 6) is 0.461. The Morgan fingerprint density at radius 1 is 1.25 bits per heavy atom. The number of rotatable bonds is 2. The molecule has 0 atom stereocenters. The van der Waals surface area contributed by atoms with E-state index in [1.165, 1.54) is 0 Å². The molecule has 0 fully saturated rings. The van der Waals surface area contributed by atoms with Gasteiger partial charge in [0.1, 0.15) is 0 Å². The van der Waals surface area contributed by atoms with Gasteiger partial charge in [-0.25, -0.2) is 0 Å². The number of nitrogen functional groups attached to an aromatic ring is 1. The molecule has 0 radical (unpaired) electrons. The highest BCUT2D eigenvalue weighted by atomic mass is 79.9. The third-order valence-corrected chi connectivity index (χ3v) is 6.31. The summed E-state index contributed by atoms with van der Waals surface area (Å²) in [6, 6.07) is 9.60. The van der Waals surface area contributed by atoms with Crippen molar-refractivity contribution in [2.24, 2.45) is 0 Å². The van der Waals surface area contributed by atoms with Gasteiger partial charge in [-0.05, 0) is 55.6 Å². The van der Waals surface area contributed by atoms with E-state index in [0.717, 1.165) is 30.0 Å². The number of nitrogens with one attached hydrogen (secondary N) is 1. The molecule has 0 saturated carbocycles. The van der Waals surface area contributed by atoms with Crippen molar-refractivity contribution in [2.75, 3.05) is 5.73 Å². The minimum atomic E-state index is 0.461. The van der Waals surface area contributed by atoms with E-state index >= 15 is 0 Å². The molecule has 20 heavy (non-hydrogen) atoms. The van der Waals surface area contributed by atoms with Crippen molar-refractivity contribution in [2.45, 2.75) is 0 Å². The lowest BCUT2D eigenvalue weighted by Gasteiger charge is -2.03. The van der Waals surface area contributed by atoms with Gasteiger partial charge in [-0.2, -0.15) is 5.10 Å². The molecule has 0 aliphatic carbocycles. The van der Waals surface area contributed by atoms with Crippen molar-refractivity contribution in [3.05, 3.63) is 43.6 Å². The third kappa shape index (κ3) is 2.53. The third-order valence-electron chi connectivity index (χ3n) is 2.80. The number of H-pyrrole nitrogens is 1. The number of hydrogen-bond donors (Lipinski definition) is 2. The first-order chi connectivity index (χ1) is 9.56. The van der Waals surface area contributed by atoms with E-state index in [1.54, 1.807) is 11.3 Å². The van der Waals surface area contributed by atoms with Crippen LogP contribution in [0.15, 0.2) is 38.6 Å². The van der Waals surface area contributed by atoms with Crippen LogP contribution in [-0.4, -0.2) is 10.2 Å². The quantitative estimate of drug-likeness (QED) is 0.555. The van der Waals surface area contributed by atoms with Gasteiger partial charge in [-0.15, -0.1) is 11.3 Å². The molecule has 2 aromatic heterocycles. The lowest BCUT2D eigenvalue weighted by Crippen LogP contribution is -1.88. The molecule has 0 aliphatic rings. The van der Waals surface area contributed by atoms with Gasteiger partial charge < -0.3 is 5.73 Å². The van der Waals surface area contributed by atoms with E-state index < -0.39 is 0 Å². The maximum Gasteiger partial charge on any atom is 0.153 e. The largest absolute Gasteiger partial charge is 0.382 e. The molecule has 7 heteroatoms. The van der Waals surface area contributed by atoms with Gasteiger partial charge in [0.15, 0.2) is 5.82 Å². The first-order valence-corrected chi connectivity index (χ1v) is 8.39. The minimum Gasteiger partial charge on any atom is -0.382 e. The molecular formula is C13H8Br2ClN3S. The molecule has 102 valence electrons. The van der Waals surface area contributed by atoms with Crippen molar-refractivity contribution in [1.82, 2.24) is 10.2 Å². The van der Waals surface area contributed by atoms with Gasteiger partial charge in [0.25, 0.3) is 0 Å². The molecule has 3 aromatic rings. The average molecular weight is 434 g/mol. The molecule has 0 unspecified atom stereocenters. The van der Waals surface area contributed by atoms with Crippen LogP contribution in [0.25, 0.3) is 21.7 Å². The molecule has 0 bridgehead atoms. The number of nitrogens with two attached hydrogens (primary N) is 1. The maximum atomic E-state index is 6.06. The summed E-state index contributed by atoms with van der Waals surface area (Å²) in [6.07, 6.45) is 0. The Morgan fingerprint density at radius 2 is 2.05 bits per heavy atom. The number of halogens is 3. The van der Waals surface area contributed by atoms with Crippen LogP contribution in [0.3, 0.4) is 0 Å². The van der Waals surface area contributed by atoms with Crippen molar-refractivity contribution in [3.63, 3.8) is 0 Å². The zero-order valence-corrected chi connectivity index (χ0v) is 14.7. The number of thiophene rings is 1. The zero-order chi connectivity index (χ0) is 14.3. The van der Waals surface area contributed by atoms with Crippen LogP contribution in [0.5, 0.6) is 0 Å². The first-order valence-electron chi connectivity index (χ1n) is 5.61. The second-order valence-electron chi connectivity index (χ2n) is 4.10. The lowest BCUT2D eigenvalue weighted by atomic mass is 10.0. The molecule has 3 N–H and O–H groups in total. The highest BCUT2D eigenvalue weighted by Gasteiger charge is 2.17. The van der Waals surface area contributed by atoms with Gasteiger partial charge in [-0.3, -0.25) is 5.10 Å². The van der Waals surface area contributed by atoms with Gasteiger partial charge >= 0.3 is 0 Å². The molecule has 3 rings (SSSR count). The number of anilines is 1. The van der Waals surface area contributed by atoms with Crippen LogP contribution >= 0.6 is 54.8 Å². The second-order valence-corrected chi connectivity index (χ2v) is 7.76. The van der Waals surface area contributed by atoms with Crippen molar-refractivity contribution in [3.8, 4) is 21.7 Å². The van der Waals surface area contributed by atoms with Crippen molar-refractivity contribution >= 4 is 60.6 Å². The average Bonchev–Trinajstić information content (AvgIpc) is 2.93. The molecule has 0 saturated heterocycles. The standard InChI is InChI=1S/C13H8Br2ClN3S/c14-8-5-9(20-12(8)15)11-10(13(17)19-18-11)6-2-1-3-7(16)4-6/h1-5H,(H3,17,18,19). The van der Waals surface area contributed by atoms with Crippen molar-refractivity contribution in [1.29, 1.82) is 0 Å². The Balaban J connectivity index is 2.19. The predicted molar refractivity (Wildman–Crippen MR) is 92.2 cm³/mol. The van der Waals surface area contributed by atoms with Crippen LogP contribution < -0.4 is 5.73 Å². The van der Waals surface area contributed by atoms with Crippen LogP contribution in [0.4, 0.5) is 5.82 Å². The molecule has 0 spiro atoms. The Hall–Kier alpha value is -0.820.